The van der Waals surface area contributed by atoms with Crippen LogP contribution in [0.5, 0.6) is 0 Å². The van der Waals surface area contributed by atoms with Gasteiger partial charge in [0.15, 0.2) is 5.96 Å². The minimum absolute atomic E-state index is 0. The van der Waals surface area contributed by atoms with Gasteiger partial charge in [-0.2, -0.15) is 5.10 Å². The van der Waals surface area contributed by atoms with E-state index in [2.05, 4.69) is 20.7 Å². The van der Waals surface area contributed by atoms with Gasteiger partial charge in [0.2, 0.25) is 0 Å². The van der Waals surface area contributed by atoms with Crippen LogP contribution in [0.15, 0.2) is 41.7 Å². The summed E-state index contributed by atoms with van der Waals surface area (Å²) in [4.78, 5) is 4.52. The molecule has 3 unspecified atom stereocenters. The van der Waals surface area contributed by atoms with Crippen LogP contribution in [0.3, 0.4) is 0 Å². The molecule has 27 heavy (non-hydrogen) atoms. The molecule has 8 heteroatoms. The quantitative estimate of drug-likeness (QED) is 0.333. The van der Waals surface area contributed by atoms with Crippen molar-refractivity contribution in [2.24, 2.45) is 12.0 Å². The molecule has 1 aromatic heterocycles. The van der Waals surface area contributed by atoms with Gasteiger partial charge in [-0.05, 0) is 31.9 Å². The third-order valence-electron chi connectivity index (χ3n) is 4.63. The summed E-state index contributed by atoms with van der Waals surface area (Å²) in [6, 6.07) is 7.04. The van der Waals surface area contributed by atoms with Crippen molar-refractivity contribution in [2.75, 3.05) is 13.1 Å². The molecular formula is C19H27FIN5O. The molecule has 0 aliphatic heterocycles. The number of nitrogens with one attached hydrogen (secondary N) is 2. The average molecular weight is 487 g/mol. The molecule has 148 valence electrons. The van der Waals surface area contributed by atoms with Crippen molar-refractivity contribution in [3.8, 4) is 0 Å². The molecule has 1 heterocycles. The van der Waals surface area contributed by atoms with Crippen LogP contribution in [0, 0.1) is 5.82 Å². The van der Waals surface area contributed by atoms with Gasteiger partial charge in [0.05, 0.1) is 12.7 Å². The molecule has 1 fully saturated rings. The Morgan fingerprint density at radius 3 is 2.81 bits per heavy atom. The predicted molar refractivity (Wildman–Crippen MR) is 115 cm³/mol. The van der Waals surface area contributed by atoms with E-state index < -0.39 is 5.60 Å². The van der Waals surface area contributed by atoms with E-state index in [-0.39, 0.29) is 48.3 Å². The molecule has 1 aromatic carbocycles. The first-order valence-corrected chi connectivity index (χ1v) is 8.91. The van der Waals surface area contributed by atoms with Crippen LogP contribution in [-0.4, -0.2) is 40.0 Å². The number of aliphatic imine (C=N–C) groups is 1. The Labute approximate surface area is 176 Å². The van der Waals surface area contributed by atoms with Crippen molar-refractivity contribution in [3.63, 3.8) is 0 Å². The smallest absolute Gasteiger partial charge is 0.191 e. The van der Waals surface area contributed by atoms with Crippen molar-refractivity contribution in [1.82, 2.24) is 20.4 Å². The third kappa shape index (κ3) is 5.41. The maximum atomic E-state index is 13.9. The lowest BCUT2D eigenvalue weighted by Crippen LogP contribution is -2.40. The number of nitrogens with zero attached hydrogens (tertiary/aromatic N) is 3. The standard InChI is InChI=1S/C19H26FN5O.HI/c1-4-21-18(22-12-19(2,26)13-10-23-25(3)11-13)24-17-9-15(17)14-7-5-6-8-16(14)20;/h5-8,10-11,15,17,26H,4,9,12H2,1-3H3,(H2,21,22,24);1H. The number of rotatable bonds is 6. The maximum Gasteiger partial charge on any atom is 0.191 e. The van der Waals surface area contributed by atoms with Crippen LogP contribution < -0.4 is 10.6 Å². The van der Waals surface area contributed by atoms with Gasteiger partial charge in [-0.15, -0.1) is 24.0 Å². The lowest BCUT2D eigenvalue weighted by atomic mass is 10.0. The van der Waals surface area contributed by atoms with Gasteiger partial charge in [0.25, 0.3) is 0 Å². The van der Waals surface area contributed by atoms with E-state index >= 15 is 0 Å². The monoisotopic (exact) mass is 487 g/mol. The summed E-state index contributed by atoms with van der Waals surface area (Å²) in [5.74, 6) is 0.614. The number of aliphatic hydroxyl groups is 1. The Balaban J connectivity index is 0.00000261. The molecule has 0 spiro atoms. The Morgan fingerprint density at radius 1 is 1.44 bits per heavy atom. The fraction of sp³-hybridized carbons (Fsp3) is 0.474. The molecule has 0 bridgehead atoms. The van der Waals surface area contributed by atoms with Gasteiger partial charge in [0, 0.05) is 37.3 Å². The Bertz CT molecular complexity index is 792. The number of hydrogen-bond donors (Lipinski definition) is 3. The first-order valence-electron chi connectivity index (χ1n) is 8.91. The van der Waals surface area contributed by atoms with Gasteiger partial charge in [-0.3, -0.25) is 4.68 Å². The van der Waals surface area contributed by atoms with E-state index in [1.807, 2.05) is 26.1 Å². The zero-order valence-electron chi connectivity index (χ0n) is 15.8. The third-order valence-corrected chi connectivity index (χ3v) is 4.63. The van der Waals surface area contributed by atoms with Crippen molar-refractivity contribution >= 4 is 29.9 Å². The summed E-state index contributed by atoms with van der Waals surface area (Å²) in [7, 11) is 1.81. The van der Waals surface area contributed by atoms with Crippen LogP contribution in [0.2, 0.25) is 0 Å². The first kappa shape index (κ1) is 21.6. The summed E-state index contributed by atoms with van der Waals surface area (Å²) in [5.41, 5.74) is 0.351. The number of benzene rings is 1. The lowest BCUT2D eigenvalue weighted by molar-refractivity contribution is 0.0671. The van der Waals surface area contributed by atoms with Crippen molar-refractivity contribution in [2.45, 2.75) is 37.8 Å². The zero-order valence-corrected chi connectivity index (χ0v) is 18.1. The minimum Gasteiger partial charge on any atom is -0.383 e. The molecule has 0 radical (unpaired) electrons. The van der Waals surface area contributed by atoms with Crippen LogP contribution in [-0.2, 0) is 12.6 Å². The van der Waals surface area contributed by atoms with Crippen molar-refractivity contribution < 1.29 is 9.50 Å². The molecule has 3 N–H and O–H groups in total. The highest BCUT2D eigenvalue weighted by atomic mass is 127. The minimum atomic E-state index is -1.11. The molecule has 3 rings (SSSR count). The highest BCUT2D eigenvalue weighted by molar-refractivity contribution is 14.0. The fourth-order valence-corrected chi connectivity index (χ4v) is 2.99. The highest BCUT2D eigenvalue weighted by Gasteiger charge is 2.40. The number of aryl methyl sites for hydroxylation is 1. The summed E-state index contributed by atoms with van der Waals surface area (Å²) < 4.78 is 15.6. The topological polar surface area (TPSA) is 74.5 Å². The Morgan fingerprint density at radius 2 is 2.19 bits per heavy atom. The predicted octanol–water partition coefficient (Wildman–Crippen LogP) is 2.50. The molecule has 1 saturated carbocycles. The van der Waals surface area contributed by atoms with Gasteiger partial charge < -0.3 is 15.7 Å². The molecule has 6 nitrogen and oxygen atoms in total. The molecule has 3 atom stereocenters. The van der Waals surface area contributed by atoms with Crippen LogP contribution >= 0.6 is 24.0 Å². The second-order valence-electron chi connectivity index (χ2n) is 6.99. The Kier molecular flexibility index (Phi) is 7.21. The SMILES string of the molecule is CCNC(=NCC(C)(O)c1cnn(C)c1)NC1CC1c1ccccc1F.I. The number of guanidine groups is 1. The second kappa shape index (κ2) is 9.01. The van der Waals surface area contributed by atoms with E-state index in [1.165, 1.54) is 6.07 Å². The summed E-state index contributed by atoms with van der Waals surface area (Å²) >= 11 is 0. The summed E-state index contributed by atoms with van der Waals surface area (Å²) in [5, 5.41) is 21.3. The number of aromatic nitrogens is 2. The molecular weight excluding hydrogens is 460 g/mol. The van der Waals surface area contributed by atoms with Crippen LogP contribution in [0.1, 0.15) is 37.3 Å². The Hall–Kier alpha value is -1.68. The van der Waals surface area contributed by atoms with E-state index in [1.54, 1.807) is 30.1 Å². The zero-order chi connectivity index (χ0) is 18.7. The lowest BCUT2D eigenvalue weighted by Gasteiger charge is -2.20. The maximum absolute atomic E-state index is 13.9. The van der Waals surface area contributed by atoms with Gasteiger partial charge in [0.1, 0.15) is 11.4 Å². The van der Waals surface area contributed by atoms with E-state index in [9.17, 15) is 9.50 Å². The van der Waals surface area contributed by atoms with Crippen molar-refractivity contribution in [1.29, 1.82) is 0 Å². The van der Waals surface area contributed by atoms with E-state index in [0.717, 1.165) is 17.5 Å². The van der Waals surface area contributed by atoms with E-state index in [0.29, 0.717) is 12.5 Å². The second-order valence-corrected chi connectivity index (χ2v) is 6.99. The molecule has 1 aliphatic rings. The highest BCUT2D eigenvalue weighted by Crippen LogP contribution is 2.41. The van der Waals surface area contributed by atoms with Crippen LogP contribution in [0.4, 0.5) is 4.39 Å². The van der Waals surface area contributed by atoms with Crippen LogP contribution in [0.25, 0.3) is 0 Å². The van der Waals surface area contributed by atoms with Gasteiger partial charge in [-0.1, -0.05) is 18.2 Å². The first-order chi connectivity index (χ1) is 12.4. The molecule has 2 aromatic rings. The number of hydrogen-bond acceptors (Lipinski definition) is 3. The van der Waals surface area contributed by atoms with E-state index in [4.69, 9.17) is 0 Å². The summed E-state index contributed by atoms with van der Waals surface area (Å²) in [6.07, 6.45) is 4.29. The fourth-order valence-electron chi connectivity index (χ4n) is 2.99. The number of halogens is 2. The normalized spacial score (nSPS) is 21.1. The molecule has 1 aliphatic carbocycles. The summed E-state index contributed by atoms with van der Waals surface area (Å²) in [6.45, 7) is 4.61. The average Bonchev–Trinajstić information content (AvgIpc) is 3.21. The van der Waals surface area contributed by atoms with Gasteiger partial charge >= 0.3 is 0 Å². The van der Waals surface area contributed by atoms with Crippen molar-refractivity contribution in [3.05, 3.63) is 53.6 Å². The van der Waals surface area contributed by atoms with Gasteiger partial charge in [-0.25, -0.2) is 9.38 Å². The molecule has 0 amide bonds. The molecule has 0 saturated heterocycles. The largest absolute Gasteiger partial charge is 0.383 e.